The number of urea groups is 1. The van der Waals surface area contributed by atoms with Gasteiger partial charge < -0.3 is 10.0 Å². The van der Waals surface area contributed by atoms with E-state index >= 15 is 0 Å². The summed E-state index contributed by atoms with van der Waals surface area (Å²) in [6.07, 6.45) is 4.31. The van der Waals surface area contributed by atoms with Gasteiger partial charge >= 0.3 is 12.0 Å². The number of carboxylic acid groups (broad SMARTS) is 1. The number of carbonyl (C=O) groups is 2. The first kappa shape index (κ1) is 14.9. The molecule has 2 heterocycles. The fourth-order valence-corrected chi connectivity index (χ4v) is 3.67. The molecule has 0 unspecified atom stereocenters. The third kappa shape index (κ3) is 2.34. The van der Waals surface area contributed by atoms with E-state index in [9.17, 15) is 14.7 Å². The van der Waals surface area contributed by atoms with Crippen LogP contribution in [-0.2, 0) is 4.79 Å². The van der Waals surface area contributed by atoms with Crippen LogP contribution >= 0.6 is 0 Å². The smallest absolute Gasteiger partial charge is 0.323 e. The van der Waals surface area contributed by atoms with Crippen molar-refractivity contribution in [2.24, 2.45) is 11.3 Å². The van der Waals surface area contributed by atoms with Crippen molar-refractivity contribution < 1.29 is 14.7 Å². The van der Waals surface area contributed by atoms with Gasteiger partial charge in [0.2, 0.25) is 0 Å². The number of rotatable bonds is 3. The molecule has 1 aromatic rings. The fourth-order valence-electron chi connectivity index (χ4n) is 3.67. The lowest BCUT2D eigenvalue weighted by molar-refractivity contribution is -0.149. The zero-order valence-corrected chi connectivity index (χ0v) is 13.0. The van der Waals surface area contributed by atoms with E-state index in [4.69, 9.17) is 0 Å². The van der Waals surface area contributed by atoms with Crippen LogP contribution in [0.4, 0.5) is 10.6 Å². The number of anilines is 1. The van der Waals surface area contributed by atoms with Gasteiger partial charge in [-0.15, -0.1) is 0 Å². The van der Waals surface area contributed by atoms with Crippen molar-refractivity contribution in [2.75, 3.05) is 18.4 Å². The topological polar surface area (TPSA) is 87.5 Å². The number of carbonyl (C=O) groups excluding carboxylic acids is 1. The molecule has 0 radical (unpaired) electrons. The zero-order chi connectivity index (χ0) is 15.9. The van der Waals surface area contributed by atoms with Gasteiger partial charge in [-0.25, -0.2) is 4.79 Å². The van der Waals surface area contributed by atoms with Crippen LogP contribution in [-0.4, -0.2) is 44.9 Å². The summed E-state index contributed by atoms with van der Waals surface area (Å²) in [5.41, 5.74) is -0.741. The van der Waals surface area contributed by atoms with Crippen LogP contribution in [0.5, 0.6) is 0 Å². The first-order valence-corrected chi connectivity index (χ1v) is 7.77. The number of aromatic nitrogens is 2. The molecule has 22 heavy (non-hydrogen) atoms. The second-order valence-electron chi connectivity index (χ2n) is 6.64. The van der Waals surface area contributed by atoms with E-state index in [1.807, 2.05) is 20.0 Å². The van der Waals surface area contributed by atoms with Crippen LogP contribution < -0.4 is 5.32 Å². The summed E-state index contributed by atoms with van der Waals surface area (Å²) in [5.74, 6) is -0.196. The lowest BCUT2D eigenvalue weighted by Crippen LogP contribution is -2.38. The summed E-state index contributed by atoms with van der Waals surface area (Å²) < 4.78 is 1.77. The number of hydrogen-bond donors (Lipinski definition) is 2. The van der Waals surface area contributed by atoms with Gasteiger partial charge in [-0.05, 0) is 32.6 Å². The van der Waals surface area contributed by atoms with Crippen LogP contribution in [0, 0.1) is 11.3 Å². The van der Waals surface area contributed by atoms with E-state index < -0.39 is 11.4 Å². The number of aliphatic carboxylic acids is 1. The molecule has 2 amide bonds. The molecular formula is C15H22N4O3. The van der Waals surface area contributed by atoms with Crippen LogP contribution in [0.2, 0.25) is 0 Å². The molecule has 120 valence electrons. The third-order valence-corrected chi connectivity index (χ3v) is 4.96. The van der Waals surface area contributed by atoms with E-state index in [-0.39, 0.29) is 18.0 Å². The van der Waals surface area contributed by atoms with Crippen molar-refractivity contribution in [3.05, 3.63) is 12.3 Å². The molecule has 0 bridgehead atoms. The van der Waals surface area contributed by atoms with Gasteiger partial charge in [-0.3, -0.25) is 14.8 Å². The standard InChI is InChI=1S/C15H22N4O3/c1-10(2)19-7-5-12(17-19)16-14(22)18-8-11-4-3-6-15(11,9-18)13(20)21/h5,7,10-11H,3-4,6,8-9H2,1-2H3,(H,20,21)(H,16,17,22)/t11-,15+/m0/s1. The number of nitrogens with zero attached hydrogens (tertiary/aromatic N) is 3. The monoisotopic (exact) mass is 306 g/mol. The first-order valence-electron chi connectivity index (χ1n) is 7.77. The Balaban J connectivity index is 1.67. The average molecular weight is 306 g/mol. The molecule has 2 atom stereocenters. The Morgan fingerprint density at radius 2 is 2.27 bits per heavy atom. The minimum atomic E-state index is -0.769. The van der Waals surface area contributed by atoms with Gasteiger partial charge in [0.15, 0.2) is 5.82 Å². The normalized spacial score (nSPS) is 27.2. The van der Waals surface area contributed by atoms with Gasteiger partial charge in [0, 0.05) is 31.4 Å². The molecule has 2 aliphatic rings. The average Bonchev–Trinajstić information content (AvgIpc) is 3.10. The van der Waals surface area contributed by atoms with Gasteiger partial charge in [-0.1, -0.05) is 6.42 Å². The SMILES string of the molecule is CC(C)n1ccc(NC(=O)N2C[C@@H]3CCC[C@@]3(C(=O)O)C2)n1. The summed E-state index contributed by atoms with van der Waals surface area (Å²) in [7, 11) is 0. The van der Waals surface area contributed by atoms with Crippen LogP contribution in [0.3, 0.4) is 0 Å². The maximum Gasteiger partial charge on any atom is 0.323 e. The maximum absolute atomic E-state index is 12.4. The molecule has 1 saturated carbocycles. The van der Waals surface area contributed by atoms with Crippen LogP contribution in [0.1, 0.15) is 39.2 Å². The highest BCUT2D eigenvalue weighted by atomic mass is 16.4. The van der Waals surface area contributed by atoms with Crippen molar-refractivity contribution in [1.82, 2.24) is 14.7 Å². The van der Waals surface area contributed by atoms with Crippen molar-refractivity contribution >= 4 is 17.8 Å². The Labute approximate surface area is 129 Å². The highest BCUT2D eigenvalue weighted by molar-refractivity contribution is 5.89. The van der Waals surface area contributed by atoms with E-state index in [2.05, 4.69) is 10.4 Å². The number of hydrogen-bond acceptors (Lipinski definition) is 3. The molecule has 1 saturated heterocycles. The molecule has 1 aliphatic carbocycles. The van der Waals surface area contributed by atoms with Gasteiger partial charge in [0.25, 0.3) is 0 Å². The summed E-state index contributed by atoms with van der Waals surface area (Å²) >= 11 is 0. The number of fused-ring (bicyclic) bond motifs is 1. The Bertz CT molecular complexity index is 597. The highest BCUT2D eigenvalue weighted by Crippen LogP contribution is 2.48. The quantitative estimate of drug-likeness (QED) is 0.896. The summed E-state index contributed by atoms with van der Waals surface area (Å²) in [4.78, 5) is 25.6. The van der Waals surface area contributed by atoms with E-state index in [0.29, 0.717) is 25.3 Å². The molecular weight excluding hydrogens is 284 g/mol. The number of nitrogens with one attached hydrogen (secondary N) is 1. The Morgan fingerprint density at radius 3 is 2.86 bits per heavy atom. The number of likely N-dealkylation sites (tertiary alicyclic amines) is 1. The van der Waals surface area contributed by atoms with E-state index in [1.54, 1.807) is 15.6 Å². The fraction of sp³-hybridized carbons (Fsp3) is 0.667. The molecule has 3 rings (SSSR count). The van der Waals surface area contributed by atoms with Crippen LogP contribution in [0.15, 0.2) is 12.3 Å². The summed E-state index contributed by atoms with van der Waals surface area (Å²) in [6, 6.07) is 1.72. The Hall–Kier alpha value is -2.05. The maximum atomic E-state index is 12.4. The summed E-state index contributed by atoms with van der Waals surface area (Å²) in [6.45, 7) is 4.83. The number of carboxylic acids is 1. The first-order chi connectivity index (χ1) is 10.4. The Kier molecular flexibility index (Phi) is 3.58. The minimum Gasteiger partial charge on any atom is -0.481 e. The molecule has 0 spiro atoms. The van der Waals surface area contributed by atoms with Crippen molar-refractivity contribution in [3.63, 3.8) is 0 Å². The van der Waals surface area contributed by atoms with E-state index in [0.717, 1.165) is 12.8 Å². The molecule has 1 aromatic heterocycles. The van der Waals surface area contributed by atoms with Gasteiger partial charge in [0.1, 0.15) is 0 Å². The lowest BCUT2D eigenvalue weighted by Gasteiger charge is -2.23. The van der Waals surface area contributed by atoms with Crippen molar-refractivity contribution in [3.8, 4) is 0 Å². The lowest BCUT2D eigenvalue weighted by atomic mass is 9.81. The molecule has 2 N–H and O–H groups in total. The molecule has 7 nitrogen and oxygen atoms in total. The van der Waals surface area contributed by atoms with Gasteiger partial charge in [0.05, 0.1) is 5.41 Å². The summed E-state index contributed by atoms with van der Waals surface area (Å²) in [5, 5.41) is 16.6. The Morgan fingerprint density at radius 1 is 1.50 bits per heavy atom. The zero-order valence-electron chi connectivity index (χ0n) is 13.0. The van der Waals surface area contributed by atoms with Crippen molar-refractivity contribution in [2.45, 2.75) is 39.2 Å². The molecule has 0 aromatic carbocycles. The predicted molar refractivity (Wildman–Crippen MR) is 80.6 cm³/mol. The third-order valence-electron chi connectivity index (χ3n) is 4.96. The second-order valence-corrected chi connectivity index (χ2v) is 6.64. The van der Waals surface area contributed by atoms with E-state index in [1.165, 1.54) is 0 Å². The van der Waals surface area contributed by atoms with Crippen molar-refractivity contribution in [1.29, 1.82) is 0 Å². The minimum absolute atomic E-state index is 0.0731. The van der Waals surface area contributed by atoms with Gasteiger partial charge in [-0.2, -0.15) is 5.10 Å². The number of amides is 2. The molecule has 2 fully saturated rings. The highest BCUT2D eigenvalue weighted by Gasteiger charge is 2.55. The second kappa shape index (κ2) is 5.30. The van der Waals surface area contributed by atoms with Crippen LogP contribution in [0.25, 0.3) is 0 Å². The predicted octanol–water partition coefficient (Wildman–Crippen LogP) is 2.18. The largest absolute Gasteiger partial charge is 0.481 e. The molecule has 7 heteroatoms. The molecule has 1 aliphatic heterocycles.